The van der Waals surface area contributed by atoms with E-state index in [4.69, 9.17) is 0 Å². The third-order valence-corrected chi connectivity index (χ3v) is 5.28. The summed E-state index contributed by atoms with van der Waals surface area (Å²) in [6, 6.07) is 0. The van der Waals surface area contributed by atoms with Gasteiger partial charge in [-0.2, -0.15) is 0 Å². The summed E-state index contributed by atoms with van der Waals surface area (Å²) in [6.07, 6.45) is 1.89. The maximum atomic E-state index is 12.0. The molecule has 0 aromatic carbocycles. The monoisotopic (exact) mass is 265 g/mol. The summed E-state index contributed by atoms with van der Waals surface area (Å²) in [5.74, 6) is 1.92. The van der Waals surface area contributed by atoms with Crippen molar-refractivity contribution in [2.24, 2.45) is 11.3 Å². The molecule has 0 aromatic heterocycles. The van der Waals surface area contributed by atoms with E-state index in [1.165, 1.54) is 0 Å². The fourth-order valence-corrected chi connectivity index (χ4v) is 3.80. The van der Waals surface area contributed by atoms with Crippen molar-refractivity contribution in [3.63, 3.8) is 0 Å². The van der Waals surface area contributed by atoms with Crippen molar-refractivity contribution in [1.29, 1.82) is 0 Å². The lowest BCUT2D eigenvalue weighted by atomic mass is 9.93. The quantitative estimate of drug-likeness (QED) is 0.633. The minimum Gasteiger partial charge on any atom is -0.616 e. The van der Waals surface area contributed by atoms with Crippen molar-refractivity contribution in [3.8, 4) is 0 Å². The molecule has 0 amide bonds. The van der Waals surface area contributed by atoms with E-state index in [0.29, 0.717) is 23.3 Å². The maximum absolute atomic E-state index is 12.0. The fraction of sp³-hybridized carbons (Fsp3) is 1.00. The molecule has 0 saturated heterocycles. The summed E-state index contributed by atoms with van der Waals surface area (Å²) in [4.78, 5) is 0. The molecule has 0 spiro atoms. The highest BCUT2D eigenvalue weighted by Gasteiger charge is 2.28. The SMILES string of the molecule is CC(C)CC(C)[S+]([O-])CCC(C)(C)C[S+]=O. The van der Waals surface area contributed by atoms with Crippen LogP contribution in [0.4, 0.5) is 0 Å². The first-order chi connectivity index (χ1) is 7.28. The van der Waals surface area contributed by atoms with Gasteiger partial charge >= 0.3 is 11.7 Å². The maximum Gasteiger partial charge on any atom is 0.459 e. The standard InChI is InChI=1S/C12H25O2S2/c1-10(2)8-11(3)16(14)7-6-12(4,5)9-15-13/h10-11H,6-9H2,1-5H3/q+1. The van der Waals surface area contributed by atoms with Crippen molar-refractivity contribution in [3.05, 3.63) is 0 Å². The Morgan fingerprint density at radius 2 is 1.88 bits per heavy atom. The van der Waals surface area contributed by atoms with Crippen LogP contribution in [0.15, 0.2) is 0 Å². The zero-order chi connectivity index (χ0) is 12.8. The topological polar surface area (TPSA) is 40.1 Å². The second kappa shape index (κ2) is 7.62. The van der Waals surface area contributed by atoms with E-state index < -0.39 is 11.2 Å². The van der Waals surface area contributed by atoms with Gasteiger partial charge in [-0.25, -0.2) is 0 Å². The van der Waals surface area contributed by atoms with Crippen LogP contribution in [0.25, 0.3) is 0 Å². The van der Waals surface area contributed by atoms with Gasteiger partial charge in [0, 0.05) is 16.0 Å². The van der Waals surface area contributed by atoms with Gasteiger partial charge in [0.1, 0.15) is 11.0 Å². The van der Waals surface area contributed by atoms with Crippen molar-refractivity contribution in [2.45, 2.75) is 52.7 Å². The smallest absolute Gasteiger partial charge is 0.459 e. The predicted molar refractivity (Wildman–Crippen MR) is 73.2 cm³/mol. The van der Waals surface area contributed by atoms with Crippen LogP contribution >= 0.6 is 0 Å². The van der Waals surface area contributed by atoms with E-state index in [1.807, 2.05) is 0 Å². The zero-order valence-corrected chi connectivity index (χ0v) is 12.7. The fourth-order valence-electron chi connectivity index (χ4n) is 1.58. The highest BCUT2D eigenvalue weighted by molar-refractivity contribution is 7.91. The molecule has 0 aliphatic heterocycles. The minimum atomic E-state index is -0.747. The van der Waals surface area contributed by atoms with Crippen LogP contribution in [0, 0.1) is 11.3 Å². The Labute approximate surface area is 107 Å². The Bertz CT molecular complexity index is 205. The van der Waals surface area contributed by atoms with Gasteiger partial charge in [0.05, 0.1) is 0 Å². The van der Waals surface area contributed by atoms with Crippen molar-refractivity contribution in [1.82, 2.24) is 0 Å². The molecule has 0 N–H and O–H groups in total. The molecule has 0 aliphatic carbocycles. The third kappa shape index (κ3) is 7.58. The van der Waals surface area contributed by atoms with E-state index in [0.717, 1.165) is 18.6 Å². The second-order valence-corrected chi connectivity index (χ2v) is 8.20. The molecule has 2 atom stereocenters. The molecule has 0 heterocycles. The Balaban J connectivity index is 3.96. The average Bonchev–Trinajstić information content (AvgIpc) is 2.13. The van der Waals surface area contributed by atoms with E-state index in [-0.39, 0.29) is 10.7 Å². The second-order valence-electron chi connectivity index (χ2n) is 5.70. The first-order valence-electron chi connectivity index (χ1n) is 5.90. The first kappa shape index (κ1) is 16.3. The van der Waals surface area contributed by atoms with Crippen LogP contribution in [-0.2, 0) is 27.1 Å². The lowest BCUT2D eigenvalue weighted by molar-refractivity contribution is 0.401. The van der Waals surface area contributed by atoms with E-state index >= 15 is 0 Å². The zero-order valence-electron chi connectivity index (χ0n) is 11.1. The van der Waals surface area contributed by atoms with Gasteiger partial charge in [-0.3, -0.25) is 0 Å². The Kier molecular flexibility index (Phi) is 7.77. The van der Waals surface area contributed by atoms with E-state index in [2.05, 4.69) is 34.6 Å². The lowest BCUT2D eigenvalue weighted by Gasteiger charge is -2.23. The Hall–Kier alpha value is 0.330. The molecule has 0 aromatic rings. The van der Waals surface area contributed by atoms with Crippen LogP contribution in [0.3, 0.4) is 0 Å². The third-order valence-electron chi connectivity index (χ3n) is 2.68. The summed E-state index contributed by atoms with van der Waals surface area (Å²) < 4.78 is 22.5. The highest BCUT2D eigenvalue weighted by Crippen LogP contribution is 2.23. The molecule has 0 bridgehead atoms. The van der Waals surface area contributed by atoms with Gasteiger partial charge in [-0.05, 0) is 19.3 Å². The van der Waals surface area contributed by atoms with Gasteiger partial charge in [0.15, 0.2) is 0 Å². The van der Waals surface area contributed by atoms with Gasteiger partial charge in [0.25, 0.3) is 0 Å². The first-order valence-corrected chi connectivity index (χ1v) is 8.19. The molecule has 2 nitrogen and oxygen atoms in total. The van der Waals surface area contributed by atoms with Crippen LogP contribution in [0.2, 0.25) is 0 Å². The van der Waals surface area contributed by atoms with E-state index in [1.54, 1.807) is 0 Å². The molecule has 4 heteroatoms. The predicted octanol–water partition coefficient (Wildman–Crippen LogP) is 3.01. The van der Waals surface area contributed by atoms with Crippen LogP contribution < -0.4 is 0 Å². The average molecular weight is 265 g/mol. The van der Waals surface area contributed by atoms with Crippen molar-refractivity contribution < 1.29 is 8.76 Å². The molecular formula is C12H25O2S2+. The number of hydrogen-bond donors (Lipinski definition) is 0. The summed E-state index contributed by atoms with van der Waals surface area (Å²) >= 11 is -0.116. The molecule has 0 radical (unpaired) electrons. The number of hydrogen-bond acceptors (Lipinski definition) is 2. The Morgan fingerprint density at radius 1 is 1.31 bits per heavy atom. The van der Waals surface area contributed by atoms with Crippen molar-refractivity contribution >= 4 is 22.8 Å². The summed E-state index contributed by atoms with van der Waals surface area (Å²) in [6.45, 7) is 10.5. The summed E-state index contributed by atoms with van der Waals surface area (Å²) in [5.41, 5.74) is 0.0135. The molecule has 16 heavy (non-hydrogen) atoms. The largest absolute Gasteiger partial charge is 0.616 e. The van der Waals surface area contributed by atoms with E-state index in [9.17, 15) is 8.76 Å². The van der Waals surface area contributed by atoms with Gasteiger partial charge < -0.3 is 4.55 Å². The van der Waals surface area contributed by atoms with Gasteiger partial charge in [-0.1, -0.05) is 38.9 Å². The highest BCUT2D eigenvalue weighted by atomic mass is 32.2. The van der Waals surface area contributed by atoms with Crippen LogP contribution in [0.1, 0.15) is 47.5 Å². The molecular weight excluding hydrogens is 240 g/mol. The number of rotatable bonds is 8. The molecule has 2 unspecified atom stereocenters. The lowest BCUT2D eigenvalue weighted by Crippen LogP contribution is -2.27. The van der Waals surface area contributed by atoms with Crippen LogP contribution in [0.5, 0.6) is 0 Å². The molecule has 0 rings (SSSR count). The molecule has 0 saturated carbocycles. The van der Waals surface area contributed by atoms with Crippen molar-refractivity contribution in [2.75, 3.05) is 11.5 Å². The minimum absolute atomic E-state index is 0.0135. The summed E-state index contributed by atoms with van der Waals surface area (Å²) in [5, 5.41) is 0.274. The normalized spacial score (nSPS) is 16.2. The van der Waals surface area contributed by atoms with Gasteiger partial charge in [-0.15, -0.1) is 0 Å². The Morgan fingerprint density at radius 3 is 2.31 bits per heavy atom. The molecule has 96 valence electrons. The molecule has 0 fully saturated rings. The van der Waals surface area contributed by atoms with Crippen LogP contribution in [-0.4, -0.2) is 21.3 Å². The molecule has 0 aliphatic rings. The summed E-state index contributed by atoms with van der Waals surface area (Å²) in [7, 11) is 0. The van der Waals surface area contributed by atoms with Gasteiger partial charge in [0.2, 0.25) is 5.75 Å².